The van der Waals surface area contributed by atoms with Crippen LogP contribution in [0.4, 0.5) is 0 Å². The van der Waals surface area contributed by atoms with Crippen molar-refractivity contribution >= 4 is 9.24 Å². The second kappa shape index (κ2) is 30.2. The van der Waals surface area contributed by atoms with Gasteiger partial charge in [0.25, 0.3) is 5.09 Å². The van der Waals surface area contributed by atoms with E-state index in [1.54, 1.807) is 0 Å². The number of hydrogen-bond donors (Lipinski definition) is 1. The third-order valence-electron chi connectivity index (χ3n) is 8.12. The standard InChI is InChI=1S/C32H67P.HNO3/c1-5-9-13-17-18-19-20-21-22-24-28-31(27-23-14-10-6-2)32(33,29-25-15-11-7-3)30-26-16-12-8-4;2-1(3)4/h31H,5-30,33H2,1-4H3;(H,2,3,4). The van der Waals surface area contributed by atoms with Gasteiger partial charge in [-0.25, -0.2) is 0 Å². The molecule has 0 rings (SSSR count). The molecule has 0 amide bonds. The smallest absolute Gasteiger partial charge is 0.291 e. The first-order valence-corrected chi connectivity index (χ1v) is 17.1. The summed E-state index contributed by atoms with van der Waals surface area (Å²) in [5, 5.41) is 14.2. The van der Waals surface area contributed by atoms with Gasteiger partial charge in [0.05, 0.1) is 0 Å². The fraction of sp³-hybridized carbons (Fsp3) is 1.00. The molecule has 0 fully saturated rings. The first-order chi connectivity index (χ1) is 17.9. The molecule has 2 atom stereocenters. The minimum atomic E-state index is -1.50. The van der Waals surface area contributed by atoms with Crippen molar-refractivity contribution in [3.8, 4) is 0 Å². The van der Waals surface area contributed by atoms with Crippen LogP contribution in [-0.4, -0.2) is 15.4 Å². The van der Waals surface area contributed by atoms with Gasteiger partial charge in [-0.2, -0.15) is 0 Å². The maximum atomic E-state index is 8.36. The summed E-state index contributed by atoms with van der Waals surface area (Å²) in [6, 6.07) is 0. The Balaban J connectivity index is 0. The van der Waals surface area contributed by atoms with Gasteiger partial charge in [0.15, 0.2) is 0 Å². The van der Waals surface area contributed by atoms with E-state index in [2.05, 4.69) is 36.9 Å². The van der Waals surface area contributed by atoms with Gasteiger partial charge in [0, 0.05) is 0 Å². The van der Waals surface area contributed by atoms with E-state index < -0.39 is 5.09 Å². The molecule has 2 unspecified atom stereocenters. The van der Waals surface area contributed by atoms with E-state index in [1.165, 1.54) is 167 Å². The predicted octanol–water partition coefficient (Wildman–Crippen LogP) is 12.1. The summed E-state index contributed by atoms with van der Waals surface area (Å²) in [4.78, 5) is 8.36. The largest absolute Gasteiger partial charge is 0.328 e. The van der Waals surface area contributed by atoms with E-state index in [1.807, 2.05) is 0 Å². The topological polar surface area (TPSA) is 63.4 Å². The monoisotopic (exact) mass is 545 g/mol. The molecule has 224 valence electrons. The highest BCUT2D eigenvalue weighted by Crippen LogP contribution is 2.44. The lowest BCUT2D eigenvalue weighted by Gasteiger charge is -2.39. The molecule has 0 saturated heterocycles. The highest BCUT2D eigenvalue weighted by molar-refractivity contribution is 7.19. The molecule has 1 N–H and O–H groups in total. The van der Waals surface area contributed by atoms with Crippen LogP contribution < -0.4 is 0 Å². The molecule has 0 aliphatic carbocycles. The van der Waals surface area contributed by atoms with Crippen LogP contribution in [0.15, 0.2) is 0 Å². The summed E-state index contributed by atoms with van der Waals surface area (Å²) < 4.78 is 0. The van der Waals surface area contributed by atoms with Gasteiger partial charge >= 0.3 is 0 Å². The van der Waals surface area contributed by atoms with Gasteiger partial charge in [-0.15, -0.1) is 19.4 Å². The Labute approximate surface area is 235 Å². The van der Waals surface area contributed by atoms with Gasteiger partial charge < -0.3 is 5.21 Å². The Morgan fingerprint density at radius 3 is 1.14 bits per heavy atom. The molecule has 0 heterocycles. The van der Waals surface area contributed by atoms with Crippen molar-refractivity contribution in [1.29, 1.82) is 0 Å². The van der Waals surface area contributed by atoms with Crippen molar-refractivity contribution in [3.63, 3.8) is 0 Å². The van der Waals surface area contributed by atoms with Gasteiger partial charge in [0.1, 0.15) is 0 Å². The van der Waals surface area contributed by atoms with Crippen molar-refractivity contribution in [2.24, 2.45) is 5.92 Å². The molecule has 5 heteroatoms. The van der Waals surface area contributed by atoms with Crippen LogP contribution in [-0.2, 0) is 0 Å². The third kappa shape index (κ3) is 28.5. The molecule has 0 aromatic rings. The van der Waals surface area contributed by atoms with Crippen LogP contribution in [0, 0.1) is 16.0 Å². The van der Waals surface area contributed by atoms with Crippen LogP contribution in [0.2, 0.25) is 0 Å². The zero-order valence-electron chi connectivity index (χ0n) is 25.8. The third-order valence-corrected chi connectivity index (χ3v) is 9.17. The summed E-state index contributed by atoms with van der Waals surface area (Å²) in [7, 11) is 3.49. The molecule has 37 heavy (non-hydrogen) atoms. The second-order valence-electron chi connectivity index (χ2n) is 11.6. The summed E-state index contributed by atoms with van der Waals surface area (Å²) >= 11 is 0. The molecular formula is C32H68NO3P. The highest BCUT2D eigenvalue weighted by atomic mass is 31.0. The lowest BCUT2D eigenvalue weighted by molar-refractivity contribution is -0.742. The average Bonchev–Trinajstić information content (AvgIpc) is 2.86. The lowest BCUT2D eigenvalue weighted by Crippen LogP contribution is -2.32. The van der Waals surface area contributed by atoms with E-state index in [0.717, 1.165) is 5.92 Å². The van der Waals surface area contributed by atoms with Crippen LogP contribution in [0.5, 0.6) is 0 Å². The van der Waals surface area contributed by atoms with Gasteiger partial charge in [-0.1, -0.05) is 169 Å². The summed E-state index contributed by atoms with van der Waals surface area (Å²) in [6.45, 7) is 9.36. The van der Waals surface area contributed by atoms with E-state index in [0.29, 0.717) is 5.16 Å². The second-order valence-corrected chi connectivity index (χ2v) is 12.8. The van der Waals surface area contributed by atoms with Gasteiger partial charge in [-0.3, -0.25) is 0 Å². The van der Waals surface area contributed by atoms with Crippen LogP contribution in [0.3, 0.4) is 0 Å². The fourth-order valence-electron chi connectivity index (χ4n) is 5.71. The summed E-state index contributed by atoms with van der Waals surface area (Å²) in [5.41, 5.74) is 0. The number of hydrogen-bond acceptors (Lipinski definition) is 2. The van der Waals surface area contributed by atoms with Crippen molar-refractivity contribution < 1.29 is 10.3 Å². The lowest BCUT2D eigenvalue weighted by atomic mass is 9.77. The number of unbranched alkanes of at least 4 members (excludes halogenated alkanes) is 18. The van der Waals surface area contributed by atoms with Crippen LogP contribution in [0.1, 0.15) is 195 Å². The first-order valence-electron chi connectivity index (χ1n) is 16.5. The van der Waals surface area contributed by atoms with Crippen LogP contribution >= 0.6 is 9.24 Å². The Morgan fingerprint density at radius 2 is 0.811 bits per heavy atom. The molecule has 0 aromatic heterocycles. The van der Waals surface area contributed by atoms with E-state index in [9.17, 15) is 0 Å². The van der Waals surface area contributed by atoms with Gasteiger partial charge in [-0.05, 0) is 36.8 Å². The van der Waals surface area contributed by atoms with E-state index in [-0.39, 0.29) is 0 Å². The average molecular weight is 546 g/mol. The molecule has 0 aliphatic rings. The molecule has 0 aromatic carbocycles. The Hall–Kier alpha value is -0.370. The SMILES string of the molecule is CCCCCCCCCCCCC(CCCCCC)C(P)(CCCCCC)CCCCCC.O=[N+]([O-])O. The molecule has 4 nitrogen and oxygen atoms in total. The molecule has 0 radical (unpaired) electrons. The molecule has 0 spiro atoms. The zero-order valence-corrected chi connectivity index (χ0v) is 26.9. The number of rotatable bonds is 27. The number of nitrogens with zero attached hydrogens (tertiary/aromatic N) is 1. The van der Waals surface area contributed by atoms with Crippen molar-refractivity contribution in [2.75, 3.05) is 0 Å². The predicted molar refractivity (Wildman–Crippen MR) is 167 cm³/mol. The molecule has 0 saturated carbocycles. The van der Waals surface area contributed by atoms with Crippen molar-refractivity contribution in [1.82, 2.24) is 0 Å². The first kappa shape index (κ1) is 38.8. The van der Waals surface area contributed by atoms with E-state index >= 15 is 0 Å². The Bertz CT molecular complexity index is 445. The summed E-state index contributed by atoms with van der Waals surface area (Å²) in [6.07, 6.45) is 37.6. The normalized spacial score (nSPS) is 12.2. The Morgan fingerprint density at radius 1 is 0.568 bits per heavy atom. The minimum Gasteiger partial charge on any atom is -0.328 e. The maximum Gasteiger partial charge on any atom is 0.291 e. The Kier molecular flexibility index (Phi) is 31.6. The van der Waals surface area contributed by atoms with Gasteiger partial charge in [0.2, 0.25) is 0 Å². The quantitative estimate of drug-likeness (QED) is 0.0483. The summed E-state index contributed by atoms with van der Waals surface area (Å²) in [5.74, 6) is 0.941. The highest BCUT2D eigenvalue weighted by Gasteiger charge is 2.32. The van der Waals surface area contributed by atoms with E-state index in [4.69, 9.17) is 15.3 Å². The fourth-order valence-corrected chi connectivity index (χ4v) is 6.45. The minimum absolute atomic E-state index is 0.521. The van der Waals surface area contributed by atoms with Crippen molar-refractivity contribution in [2.45, 2.75) is 200 Å². The molecular weight excluding hydrogens is 477 g/mol. The zero-order chi connectivity index (χ0) is 28.0. The molecule has 0 aliphatic heterocycles. The molecule has 0 bridgehead atoms. The van der Waals surface area contributed by atoms with Crippen molar-refractivity contribution in [3.05, 3.63) is 10.1 Å². The van der Waals surface area contributed by atoms with Crippen LogP contribution in [0.25, 0.3) is 0 Å². The maximum absolute atomic E-state index is 8.36.